The highest BCUT2D eigenvalue weighted by Gasteiger charge is 2.17. The summed E-state index contributed by atoms with van der Waals surface area (Å²) in [4.78, 5) is 4.57. The summed E-state index contributed by atoms with van der Waals surface area (Å²) in [5.41, 5.74) is 4.04. The van der Waals surface area contributed by atoms with Gasteiger partial charge < -0.3 is 0 Å². The lowest BCUT2D eigenvalue weighted by molar-refractivity contribution is 0.601. The van der Waals surface area contributed by atoms with Crippen LogP contribution in [-0.4, -0.2) is 13.4 Å². The van der Waals surface area contributed by atoms with Gasteiger partial charge in [-0.05, 0) is 50.2 Å². The summed E-state index contributed by atoms with van der Waals surface area (Å²) < 4.78 is 28.0. The molecule has 4 nitrogen and oxygen atoms in total. The Balaban J connectivity index is 2.03. The number of aryl methyl sites for hydroxylation is 2. The Hall–Kier alpha value is -2.66. The van der Waals surface area contributed by atoms with E-state index in [4.69, 9.17) is 0 Å². The van der Waals surface area contributed by atoms with E-state index in [1.165, 1.54) is 0 Å². The smallest absolute Gasteiger partial charge is 0.261 e. The SMILES string of the molecule is Cc1ccc(S(=O)(=O)Nc2ccc(C)cc2-c2ccccn2)cc1. The first-order chi connectivity index (χ1) is 11.5. The third-order valence-corrected chi connectivity index (χ3v) is 5.07. The number of benzene rings is 2. The van der Waals surface area contributed by atoms with Crippen molar-refractivity contribution in [2.24, 2.45) is 0 Å². The molecule has 0 aliphatic heterocycles. The Bertz CT molecular complexity index is 950. The molecule has 0 amide bonds. The minimum absolute atomic E-state index is 0.237. The Labute approximate surface area is 142 Å². The fourth-order valence-electron chi connectivity index (χ4n) is 2.40. The predicted octanol–water partition coefficient (Wildman–Crippen LogP) is 4.17. The maximum absolute atomic E-state index is 12.6. The first kappa shape index (κ1) is 16.2. The Morgan fingerprint density at radius 1 is 0.875 bits per heavy atom. The van der Waals surface area contributed by atoms with Gasteiger partial charge in [-0.3, -0.25) is 9.71 Å². The van der Waals surface area contributed by atoms with E-state index in [2.05, 4.69) is 9.71 Å². The number of pyridine rings is 1. The van der Waals surface area contributed by atoms with Crippen molar-refractivity contribution in [1.82, 2.24) is 4.98 Å². The van der Waals surface area contributed by atoms with Gasteiger partial charge in [0.05, 0.1) is 16.3 Å². The summed E-state index contributed by atoms with van der Waals surface area (Å²) in [6.45, 7) is 3.88. The second-order valence-corrected chi connectivity index (χ2v) is 7.36. The molecule has 0 aliphatic carbocycles. The van der Waals surface area contributed by atoms with E-state index in [-0.39, 0.29) is 4.90 Å². The summed E-state index contributed by atoms with van der Waals surface area (Å²) in [6, 6.07) is 17.9. The van der Waals surface area contributed by atoms with Gasteiger partial charge in [0.2, 0.25) is 0 Å². The molecule has 1 aromatic heterocycles. The van der Waals surface area contributed by atoms with Crippen molar-refractivity contribution >= 4 is 15.7 Å². The third kappa shape index (κ3) is 3.46. The molecule has 0 radical (unpaired) electrons. The molecule has 2 aromatic carbocycles. The lowest BCUT2D eigenvalue weighted by atomic mass is 10.1. The molecular weight excluding hydrogens is 320 g/mol. The van der Waals surface area contributed by atoms with Crippen LogP contribution in [0.25, 0.3) is 11.3 Å². The lowest BCUT2D eigenvalue weighted by Gasteiger charge is -2.13. The highest BCUT2D eigenvalue weighted by atomic mass is 32.2. The van der Waals surface area contributed by atoms with Crippen molar-refractivity contribution in [2.75, 3.05) is 4.72 Å². The normalized spacial score (nSPS) is 11.2. The number of nitrogens with zero attached hydrogens (tertiary/aromatic N) is 1. The van der Waals surface area contributed by atoms with Crippen LogP contribution in [0.2, 0.25) is 0 Å². The number of sulfonamides is 1. The first-order valence-corrected chi connectivity index (χ1v) is 9.05. The monoisotopic (exact) mass is 338 g/mol. The molecule has 0 saturated heterocycles. The number of aromatic nitrogens is 1. The van der Waals surface area contributed by atoms with Crippen LogP contribution in [0.3, 0.4) is 0 Å². The quantitative estimate of drug-likeness (QED) is 0.777. The van der Waals surface area contributed by atoms with Gasteiger partial charge in [0.15, 0.2) is 0 Å². The summed E-state index contributed by atoms with van der Waals surface area (Å²) >= 11 is 0. The molecule has 0 spiro atoms. The number of hydrogen-bond acceptors (Lipinski definition) is 3. The van der Waals surface area contributed by atoms with Gasteiger partial charge in [-0.15, -0.1) is 0 Å². The maximum atomic E-state index is 12.6. The molecular formula is C19H18N2O2S. The molecule has 24 heavy (non-hydrogen) atoms. The average Bonchev–Trinajstić information content (AvgIpc) is 2.57. The molecule has 0 atom stereocenters. The van der Waals surface area contributed by atoms with Gasteiger partial charge in [0.1, 0.15) is 0 Å². The van der Waals surface area contributed by atoms with E-state index in [0.717, 1.165) is 22.4 Å². The van der Waals surface area contributed by atoms with Crippen LogP contribution in [0.5, 0.6) is 0 Å². The van der Waals surface area contributed by atoms with Crippen molar-refractivity contribution < 1.29 is 8.42 Å². The fraction of sp³-hybridized carbons (Fsp3) is 0.105. The van der Waals surface area contributed by atoms with Crippen molar-refractivity contribution in [3.63, 3.8) is 0 Å². The molecule has 122 valence electrons. The highest BCUT2D eigenvalue weighted by Crippen LogP contribution is 2.29. The zero-order chi connectivity index (χ0) is 17.2. The molecule has 0 unspecified atom stereocenters. The zero-order valence-corrected chi connectivity index (χ0v) is 14.3. The molecule has 0 saturated carbocycles. The van der Waals surface area contributed by atoms with Gasteiger partial charge in [-0.1, -0.05) is 35.4 Å². The van der Waals surface area contributed by atoms with Gasteiger partial charge in [-0.25, -0.2) is 8.42 Å². The standard InChI is InChI=1S/C19H18N2O2S/c1-14-6-9-16(10-7-14)24(22,23)21-19-11-8-15(2)13-17(19)18-5-3-4-12-20-18/h3-13,21H,1-2H3. The molecule has 3 aromatic rings. The number of hydrogen-bond donors (Lipinski definition) is 1. The third-order valence-electron chi connectivity index (χ3n) is 3.69. The molecule has 5 heteroatoms. The largest absolute Gasteiger partial charge is 0.279 e. The van der Waals surface area contributed by atoms with Gasteiger partial charge in [0.25, 0.3) is 10.0 Å². The summed E-state index contributed by atoms with van der Waals surface area (Å²) in [5.74, 6) is 0. The second-order valence-electron chi connectivity index (χ2n) is 5.68. The van der Waals surface area contributed by atoms with Crippen LogP contribution < -0.4 is 4.72 Å². The fourth-order valence-corrected chi connectivity index (χ4v) is 3.48. The van der Waals surface area contributed by atoms with E-state index in [0.29, 0.717) is 5.69 Å². The molecule has 0 fully saturated rings. The molecule has 3 rings (SSSR count). The van der Waals surface area contributed by atoms with Gasteiger partial charge in [0, 0.05) is 11.8 Å². The minimum atomic E-state index is -3.65. The number of nitrogens with one attached hydrogen (secondary N) is 1. The molecule has 1 N–H and O–H groups in total. The van der Waals surface area contributed by atoms with Crippen LogP contribution in [0.1, 0.15) is 11.1 Å². The maximum Gasteiger partial charge on any atom is 0.261 e. The summed E-state index contributed by atoms with van der Waals surface area (Å²) in [6.07, 6.45) is 1.69. The van der Waals surface area contributed by atoms with Crippen LogP contribution in [0.15, 0.2) is 71.8 Å². The molecule has 0 bridgehead atoms. The number of rotatable bonds is 4. The van der Waals surface area contributed by atoms with E-state index in [1.54, 1.807) is 36.5 Å². The van der Waals surface area contributed by atoms with Crippen molar-refractivity contribution in [1.29, 1.82) is 0 Å². The second kappa shape index (κ2) is 6.45. The predicted molar refractivity (Wildman–Crippen MR) is 96.4 cm³/mol. The van der Waals surface area contributed by atoms with Gasteiger partial charge in [-0.2, -0.15) is 0 Å². The van der Waals surface area contributed by atoms with Crippen molar-refractivity contribution in [3.8, 4) is 11.3 Å². The van der Waals surface area contributed by atoms with Crippen LogP contribution >= 0.6 is 0 Å². The van der Waals surface area contributed by atoms with E-state index >= 15 is 0 Å². The zero-order valence-electron chi connectivity index (χ0n) is 13.5. The van der Waals surface area contributed by atoms with Gasteiger partial charge >= 0.3 is 0 Å². The Morgan fingerprint density at radius 3 is 2.25 bits per heavy atom. The van der Waals surface area contributed by atoms with Crippen LogP contribution in [0.4, 0.5) is 5.69 Å². The van der Waals surface area contributed by atoms with Crippen LogP contribution in [-0.2, 0) is 10.0 Å². The number of anilines is 1. The van der Waals surface area contributed by atoms with E-state index in [1.807, 2.05) is 44.2 Å². The van der Waals surface area contributed by atoms with Crippen molar-refractivity contribution in [2.45, 2.75) is 18.7 Å². The van der Waals surface area contributed by atoms with Crippen molar-refractivity contribution in [3.05, 3.63) is 78.0 Å². The average molecular weight is 338 g/mol. The van der Waals surface area contributed by atoms with Crippen LogP contribution in [0, 0.1) is 13.8 Å². The molecule has 0 aliphatic rings. The Morgan fingerprint density at radius 2 is 1.58 bits per heavy atom. The van der Waals surface area contributed by atoms with E-state index in [9.17, 15) is 8.42 Å². The Kier molecular flexibility index (Phi) is 4.36. The minimum Gasteiger partial charge on any atom is -0.279 e. The summed E-state index contributed by atoms with van der Waals surface area (Å²) in [5, 5.41) is 0. The highest BCUT2D eigenvalue weighted by molar-refractivity contribution is 7.92. The lowest BCUT2D eigenvalue weighted by Crippen LogP contribution is -2.13. The van der Waals surface area contributed by atoms with E-state index < -0.39 is 10.0 Å². The summed E-state index contributed by atoms with van der Waals surface area (Å²) in [7, 11) is -3.65. The topological polar surface area (TPSA) is 59.1 Å². The molecule has 1 heterocycles. The first-order valence-electron chi connectivity index (χ1n) is 7.57.